The molecule has 2 nitrogen and oxygen atoms in total. The van der Waals surface area contributed by atoms with Gasteiger partial charge in [0.15, 0.2) is 0 Å². The van der Waals surface area contributed by atoms with Crippen LogP contribution in [0.1, 0.15) is 39.0 Å². The normalized spacial score (nSPS) is 43.3. The van der Waals surface area contributed by atoms with Gasteiger partial charge in [0.1, 0.15) is 0 Å². The van der Waals surface area contributed by atoms with Crippen LogP contribution in [0.2, 0.25) is 0 Å². The van der Waals surface area contributed by atoms with Gasteiger partial charge < -0.3 is 9.59 Å². The van der Waals surface area contributed by atoms with E-state index in [9.17, 15) is 5.11 Å². The van der Waals surface area contributed by atoms with Crippen molar-refractivity contribution in [2.24, 2.45) is 5.92 Å². The minimum atomic E-state index is 0.421. The summed E-state index contributed by atoms with van der Waals surface area (Å²) in [6, 6.07) is 0.785. The fraction of sp³-hybridized carbons (Fsp3) is 1.00. The van der Waals surface area contributed by atoms with Gasteiger partial charge in [-0.2, -0.15) is 0 Å². The van der Waals surface area contributed by atoms with Crippen LogP contribution in [0.15, 0.2) is 0 Å². The number of nitrogens with zero attached hydrogens (tertiary/aromatic N) is 1. The predicted molar refractivity (Wildman–Crippen MR) is 58.0 cm³/mol. The van der Waals surface area contributed by atoms with Crippen molar-refractivity contribution in [3.8, 4) is 0 Å². The van der Waals surface area contributed by atoms with E-state index >= 15 is 0 Å². The summed E-state index contributed by atoms with van der Waals surface area (Å²) in [5.41, 5.74) is 0. The zero-order valence-electron chi connectivity index (χ0n) is 9.41. The highest BCUT2D eigenvalue weighted by molar-refractivity contribution is 4.78. The van der Waals surface area contributed by atoms with Crippen molar-refractivity contribution in [3.63, 3.8) is 0 Å². The monoisotopic (exact) mass is 198 g/mol. The molecule has 0 bridgehead atoms. The smallest absolute Gasteiger partial charge is 0.0941 e. The number of quaternary nitrogens is 1. The summed E-state index contributed by atoms with van der Waals surface area (Å²) in [4.78, 5) is 0. The summed E-state index contributed by atoms with van der Waals surface area (Å²) in [5, 5.41) is 9.43. The van der Waals surface area contributed by atoms with Crippen LogP contribution in [0.5, 0.6) is 0 Å². The number of piperidine rings is 2. The second-order valence-corrected chi connectivity index (χ2v) is 5.13. The first-order chi connectivity index (χ1) is 6.82. The maximum atomic E-state index is 9.43. The third kappa shape index (κ3) is 1.59. The highest BCUT2D eigenvalue weighted by Gasteiger charge is 2.44. The molecular formula is C12H24NO+. The molecule has 0 aromatic carbocycles. The summed E-state index contributed by atoms with van der Waals surface area (Å²) in [7, 11) is 0. The maximum absolute atomic E-state index is 9.43. The molecule has 2 rings (SSSR count). The molecule has 0 spiro atoms. The standard InChI is InChI=1S/C12H24NO/c1-2-13-8-4-3-7-12(13)11(10-14)6-5-9-13/h11-12,14H,2-10H2,1H3/q+1/t11-,12-,13-/m0/s1. The third-order valence-corrected chi connectivity index (χ3v) is 4.64. The van der Waals surface area contributed by atoms with Crippen LogP contribution in [0.25, 0.3) is 0 Å². The van der Waals surface area contributed by atoms with Gasteiger partial charge in [0.25, 0.3) is 0 Å². The second kappa shape index (κ2) is 4.19. The first-order valence-electron chi connectivity index (χ1n) is 6.29. The average Bonchev–Trinajstić information content (AvgIpc) is 2.28. The van der Waals surface area contributed by atoms with Crippen molar-refractivity contribution in [1.82, 2.24) is 0 Å². The Labute approximate surface area is 87.5 Å². The summed E-state index contributed by atoms with van der Waals surface area (Å²) in [6.07, 6.45) is 6.75. The van der Waals surface area contributed by atoms with E-state index in [1.807, 2.05) is 0 Å². The first kappa shape index (κ1) is 10.4. The molecule has 3 atom stereocenters. The molecule has 82 valence electrons. The molecule has 0 aliphatic carbocycles. The molecule has 1 N–H and O–H groups in total. The molecule has 0 radical (unpaired) electrons. The predicted octanol–water partition coefficient (Wildman–Crippen LogP) is 1.78. The molecular weight excluding hydrogens is 174 g/mol. The van der Waals surface area contributed by atoms with E-state index in [0.717, 1.165) is 6.04 Å². The summed E-state index contributed by atoms with van der Waals surface area (Å²) < 4.78 is 1.32. The van der Waals surface area contributed by atoms with E-state index in [1.54, 1.807) is 0 Å². The van der Waals surface area contributed by atoms with Gasteiger partial charge in [-0.1, -0.05) is 0 Å². The number of aliphatic hydroxyl groups excluding tert-OH is 1. The highest BCUT2D eigenvalue weighted by Crippen LogP contribution is 2.36. The number of aliphatic hydroxyl groups is 1. The molecule has 0 aromatic rings. The molecule has 0 aromatic heterocycles. The van der Waals surface area contributed by atoms with Crippen molar-refractivity contribution >= 4 is 0 Å². The van der Waals surface area contributed by atoms with Crippen LogP contribution < -0.4 is 0 Å². The number of hydrogen-bond donors (Lipinski definition) is 1. The molecule has 2 heterocycles. The molecule has 0 unspecified atom stereocenters. The fourth-order valence-corrected chi connectivity index (χ4v) is 3.80. The van der Waals surface area contributed by atoms with Gasteiger partial charge in [0, 0.05) is 12.3 Å². The van der Waals surface area contributed by atoms with Crippen molar-refractivity contribution in [3.05, 3.63) is 0 Å². The van der Waals surface area contributed by atoms with Gasteiger partial charge in [-0.25, -0.2) is 0 Å². The Morgan fingerprint density at radius 3 is 2.64 bits per heavy atom. The molecule has 2 aliphatic rings. The van der Waals surface area contributed by atoms with Gasteiger partial charge in [0.2, 0.25) is 0 Å². The molecule has 2 heteroatoms. The Morgan fingerprint density at radius 2 is 1.93 bits per heavy atom. The van der Waals surface area contributed by atoms with E-state index < -0.39 is 0 Å². The minimum Gasteiger partial charge on any atom is -0.396 e. The van der Waals surface area contributed by atoms with Crippen LogP contribution >= 0.6 is 0 Å². The van der Waals surface area contributed by atoms with E-state index in [2.05, 4.69) is 6.92 Å². The van der Waals surface area contributed by atoms with E-state index in [4.69, 9.17) is 0 Å². The van der Waals surface area contributed by atoms with Gasteiger partial charge >= 0.3 is 0 Å². The fourth-order valence-electron chi connectivity index (χ4n) is 3.80. The number of fused-ring (bicyclic) bond motifs is 1. The zero-order valence-corrected chi connectivity index (χ0v) is 9.41. The molecule has 2 aliphatic heterocycles. The molecule has 14 heavy (non-hydrogen) atoms. The first-order valence-corrected chi connectivity index (χ1v) is 6.29. The average molecular weight is 198 g/mol. The molecule has 0 amide bonds. The molecule has 2 saturated heterocycles. The highest BCUT2D eigenvalue weighted by atomic mass is 16.3. The summed E-state index contributed by atoms with van der Waals surface area (Å²) in [5.74, 6) is 0.601. The quantitative estimate of drug-likeness (QED) is 0.671. The van der Waals surface area contributed by atoms with Crippen molar-refractivity contribution < 1.29 is 9.59 Å². The Morgan fingerprint density at radius 1 is 1.14 bits per heavy atom. The van der Waals surface area contributed by atoms with Crippen molar-refractivity contribution in [2.75, 3.05) is 26.2 Å². The maximum Gasteiger partial charge on any atom is 0.0941 e. The summed E-state index contributed by atoms with van der Waals surface area (Å²) >= 11 is 0. The Balaban J connectivity index is 2.15. The zero-order chi connectivity index (χ0) is 10.0. The largest absolute Gasteiger partial charge is 0.396 e. The number of hydrogen-bond acceptors (Lipinski definition) is 1. The van der Waals surface area contributed by atoms with Gasteiger partial charge in [-0.05, 0) is 32.6 Å². The third-order valence-electron chi connectivity index (χ3n) is 4.64. The van der Waals surface area contributed by atoms with E-state index in [1.165, 1.54) is 56.2 Å². The lowest BCUT2D eigenvalue weighted by Gasteiger charge is -2.53. The Bertz CT molecular complexity index is 191. The van der Waals surface area contributed by atoms with E-state index in [-0.39, 0.29) is 0 Å². The van der Waals surface area contributed by atoms with Crippen LogP contribution in [0, 0.1) is 5.92 Å². The van der Waals surface area contributed by atoms with Gasteiger partial charge in [0.05, 0.1) is 32.3 Å². The van der Waals surface area contributed by atoms with Crippen LogP contribution in [0.4, 0.5) is 0 Å². The van der Waals surface area contributed by atoms with Gasteiger partial charge in [-0.3, -0.25) is 0 Å². The van der Waals surface area contributed by atoms with Crippen molar-refractivity contribution in [2.45, 2.75) is 45.1 Å². The van der Waals surface area contributed by atoms with E-state index in [0.29, 0.717) is 12.5 Å². The number of rotatable bonds is 2. The van der Waals surface area contributed by atoms with Crippen LogP contribution in [-0.2, 0) is 0 Å². The Hall–Kier alpha value is -0.0800. The lowest BCUT2D eigenvalue weighted by atomic mass is 9.81. The minimum absolute atomic E-state index is 0.421. The SMILES string of the molecule is CC[N@@+]12CCCC[C@H]1[C@H](CO)CCC2. The summed E-state index contributed by atoms with van der Waals surface area (Å²) in [6.45, 7) is 6.78. The lowest BCUT2D eigenvalue weighted by Crippen LogP contribution is -2.63. The van der Waals surface area contributed by atoms with Crippen molar-refractivity contribution in [1.29, 1.82) is 0 Å². The molecule has 0 saturated carbocycles. The Kier molecular flexibility index (Phi) is 3.13. The van der Waals surface area contributed by atoms with Crippen LogP contribution in [0.3, 0.4) is 0 Å². The lowest BCUT2D eigenvalue weighted by molar-refractivity contribution is -0.963. The molecule has 2 fully saturated rings. The van der Waals surface area contributed by atoms with Crippen LogP contribution in [-0.4, -0.2) is 41.9 Å². The topological polar surface area (TPSA) is 20.2 Å². The van der Waals surface area contributed by atoms with Gasteiger partial charge in [-0.15, -0.1) is 0 Å². The second-order valence-electron chi connectivity index (χ2n) is 5.13.